The molecule has 0 rings (SSSR count). The number of carbonyl (C=O) groups is 2. The average molecular weight is 282 g/mol. The largest absolute Gasteiger partial charge is 0.468 e. The van der Waals surface area contributed by atoms with Crippen LogP contribution in [0.5, 0.6) is 0 Å². The number of hydrogen-bond acceptors (Lipinski definition) is 6. The first-order valence-electron chi connectivity index (χ1n) is 5.38. The maximum absolute atomic E-state index is 11.8. The molecule has 0 aromatic carbocycles. The zero-order valence-electron chi connectivity index (χ0n) is 10.6. The van der Waals surface area contributed by atoms with Gasteiger partial charge in [-0.2, -0.15) is 12.7 Å². The van der Waals surface area contributed by atoms with E-state index >= 15 is 0 Å². The summed E-state index contributed by atoms with van der Waals surface area (Å²) in [6.45, 7) is 2.96. The minimum absolute atomic E-state index is 0.0478. The van der Waals surface area contributed by atoms with Gasteiger partial charge in [0.15, 0.2) is 0 Å². The van der Waals surface area contributed by atoms with Crippen molar-refractivity contribution in [2.45, 2.75) is 20.3 Å². The first-order chi connectivity index (χ1) is 8.37. The molecule has 106 valence electrons. The third-order valence-corrected chi connectivity index (χ3v) is 3.25. The van der Waals surface area contributed by atoms with Gasteiger partial charge in [-0.25, -0.2) is 9.52 Å². The van der Waals surface area contributed by atoms with Gasteiger partial charge in [0.2, 0.25) is 0 Å². The highest BCUT2D eigenvalue weighted by molar-refractivity contribution is 7.87. The molecule has 0 aromatic heterocycles. The number of methoxy groups -OCH3 is 1. The zero-order valence-corrected chi connectivity index (χ0v) is 11.4. The number of ether oxygens (including phenoxy) is 2. The Morgan fingerprint density at radius 1 is 1.28 bits per heavy atom. The molecule has 9 heteroatoms. The molecule has 1 N–H and O–H groups in total. The van der Waals surface area contributed by atoms with E-state index in [-0.39, 0.29) is 13.2 Å². The molecule has 0 heterocycles. The SMILES string of the molecule is CCCN(CC(=O)OC)S(=O)(=O)NC(=O)OCC. The van der Waals surface area contributed by atoms with Crippen LogP contribution in [0.1, 0.15) is 20.3 Å². The van der Waals surface area contributed by atoms with Crippen LogP contribution in [-0.2, 0) is 24.5 Å². The second kappa shape index (κ2) is 7.88. The summed E-state index contributed by atoms with van der Waals surface area (Å²) in [5.41, 5.74) is 0. The molecule has 0 bridgehead atoms. The van der Waals surface area contributed by atoms with Crippen LogP contribution in [0.15, 0.2) is 0 Å². The molecular weight excluding hydrogens is 264 g/mol. The van der Waals surface area contributed by atoms with E-state index in [1.54, 1.807) is 18.6 Å². The van der Waals surface area contributed by atoms with Crippen molar-refractivity contribution >= 4 is 22.3 Å². The number of carbonyl (C=O) groups excluding carboxylic acids is 2. The van der Waals surface area contributed by atoms with Crippen LogP contribution in [-0.4, -0.2) is 51.6 Å². The predicted molar refractivity (Wildman–Crippen MR) is 63.0 cm³/mol. The van der Waals surface area contributed by atoms with Crippen LogP contribution in [0, 0.1) is 0 Å². The molecule has 0 atom stereocenters. The number of hydrogen-bond donors (Lipinski definition) is 1. The fourth-order valence-corrected chi connectivity index (χ4v) is 2.17. The molecule has 0 saturated heterocycles. The van der Waals surface area contributed by atoms with Crippen molar-refractivity contribution < 1.29 is 27.5 Å². The second-order valence-electron chi connectivity index (χ2n) is 3.24. The lowest BCUT2D eigenvalue weighted by molar-refractivity contribution is -0.140. The quantitative estimate of drug-likeness (QED) is 0.652. The summed E-state index contributed by atoms with van der Waals surface area (Å²) in [7, 11) is -2.95. The summed E-state index contributed by atoms with van der Waals surface area (Å²) in [5, 5.41) is 0. The molecule has 0 spiro atoms. The Morgan fingerprint density at radius 2 is 1.89 bits per heavy atom. The lowest BCUT2D eigenvalue weighted by atomic mass is 10.5. The lowest BCUT2D eigenvalue weighted by Crippen LogP contribution is -2.46. The van der Waals surface area contributed by atoms with Crippen molar-refractivity contribution in [1.82, 2.24) is 9.03 Å². The molecule has 0 unspecified atom stereocenters. The molecule has 18 heavy (non-hydrogen) atoms. The van der Waals surface area contributed by atoms with Gasteiger partial charge in [-0.15, -0.1) is 0 Å². The van der Waals surface area contributed by atoms with Crippen molar-refractivity contribution in [3.05, 3.63) is 0 Å². The molecule has 0 radical (unpaired) electrons. The maximum atomic E-state index is 11.8. The van der Waals surface area contributed by atoms with Crippen LogP contribution in [0.25, 0.3) is 0 Å². The molecule has 0 saturated carbocycles. The Balaban J connectivity index is 4.75. The molecule has 8 nitrogen and oxygen atoms in total. The number of rotatable bonds is 7. The van der Waals surface area contributed by atoms with Gasteiger partial charge in [0, 0.05) is 6.54 Å². The van der Waals surface area contributed by atoms with Crippen LogP contribution in [0.3, 0.4) is 0 Å². The average Bonchev–Trinajstić information content (AvgIpc) is 2.27. The fourth-order valence-electron chi connectivity index (χ4n) is 1.07. The van der Waals surface area contributed by atoms with E-state index in [0.29, 0.717) is 6.42 Å². The third kappa shape index (κ3) is 5.82. The maximum Gasteiger partial charge on any atom is 0.421 e. The van der Waals surface area contributed by atoms with E-state index in [0.717, 1.165) is 11.4 Å². The minimum Gasteiger partial charge on any atom is -0.468 e. The van der Waals surface area contributed by atoms with Crippen molar-refractivity contribution in [1.29, 1.82) is 0 Å². The van der Waals surface area contributed by atoms with Gasteiger partial charge in [-0.1, -0.05) is 6.92 Å². The van der Waals surface area contributed by atoms with E-state index in [2.05, 4.69) is 9.47 Å². The third-order valence-electron chi connectivity index (χ3n) is 1.83. The summed E-state index contributed by atoms with van der Waals surface area (Å²) in [6.07, 6.45) is -0.593. The topological polar surface area (TPSA) is 102 Å². The Hall–Kier alpha value is -1.35. The van der Waals surface area contributed by atoms with Crippen molar-refractivity contribution in [3.8, 4) is 0 Å². The fraction of sp³-hybridized carbons (Fsp3) is 0.778. The number of esters is 1. The summed E-state index contributed by atoms with van der Waals surface area (Å²) in [4.78, 5) is 22.2. The molecule has 0 aromatic rings. The minimum atomic E-state index is -4.10. The molecule has 0 aliphatic carbocycles. The normalized spacial score (nSPS) is 11.1. The van der Waals surface area contributed by atoms with Crippen LogP contribution >= 0.6 is 0 Å². The van der Waals surface area contributed by atoms with Crippen LogP contribution in [0.2, 0.25) is 0 Å². The molecule has 0 aliphatic heterocycles. The lowest BCUT2D eigenvalue weighted by Gasteiger charge is -2.20. The monoisotopic (exact) mass is 282 g/mol. The highest BCUT2D eigenvalue weighted by Gasteiger charge is 2.26. The van der Waals surface area contributed by atoms with Gasteiger partial charge in [-0.05, 0) is 13.3 Å². The first-order valence-corrected chi connectivity index (χ1v) is 6.82. The standard InChI is InChI=1S/C9H18N2O6S/c1-4-6-11(7-8(12)16-3)18(14,15)10-9(13)17-5-2/h4-7H2,1-3H3,(H,10,13). The highest BCUT2D eigenvalue weighted by atomic mass is 32.2. The van der Waals surface area contributed by atoms with Gasteiger partial charge in [-0.3, -0.25) is 4.79 Å². The molecule has 0 aliphatic rings. The van der Waals surface area contributed by atoms with E-state index in [9.17, 15) is 18.0 Å². The van der Waals surface area contributed by atoms with Crippen molar-refractivity contribution in [2.24, 2.45) is 0 Å². The zero-order chi connectivity index (χ0) is 14.2. The summed E-state index contributed by atoms with van der Waals surface area (Å²) < 4.78 is 34.9. The Morgan fingerprint density at radius 3 is 2.33 bits per heavy atom. The number of amides is 1. The molecule has 1 amide bonds. The summed E-state index contributed by atoms with van der Waals surface area (Å²) >= 11 is 0. The first kappa shape index (κ1) is 16.6. The van der Waals surface area contributed by atoms with Gasteiger partial charge in [0.1, 0.15) is 6.54 Å². The van der Waals surface area contributed by atoms with E-state index in [1.807, 2.05) is 0 Å². The van der Waals surface area contributed by atoms with Crippen molar-refractivity contribution in [3.63, 3.8) is 0 Å². The Labute approximate surface area is 106 Å². The second-order valence-corrected chi connectivity index (χ2v) is 4.91. The van der Waals surface area contributed by atoms with Crippen molar-refractivity contribution in [2.75, 3.05) is 26.8 Å². The van der Waals surface area contributed by atoms with Gasteiger partial charge < -0.3 is 9.47 Å². The van der Waals surface area contributed by atoms with Gasteiger partial charge in [0.05, 0.1) is 13.7 Å². The number of nitrogens with one attached hydrogen (secondary N) is 1. The van der Waals surface area contributed by atoms with Gasteiger partial charge in [0.25, 0.3) is 0 Å². The summed E-state index contributed by atoms with van der Waals surface area (Å²) in [5.74, 6) is -0.710. The Bertz CT molecular complexity index is 381. The summed E-state index contributed by atoms with van der Waals surface area (Å²) in [6, 6.07) is 0. The van der Waals surface area contributed by atoms with E-state index in [1.165, 1.54) is 0 Å². The molecular formula is C9H18N2O6S. The Kier molecular flexibility index (Phi) is 7.29. The van der Waals surface area contributed by atoms with Crippen LogP contribution in [0.4, 0.5) is 4.79 Å². The van der Waals surface area contributed by atoms with Crippen LogP contribution < -0.4 is 4.72 Å². The predicted octanol–water partition coefficient (Wildman–Crippen LogP) is -0.138. The van der Waals surface area contributed by atoms with Gasteiger partial charge >= 0.3 is 22.3 Å². The van der Waals surface area contributed by atoms with E-state index in [4.69, 9.17) is 0 Å². The highest BCUT2D eigenvalue weighted by Crippen LogP contribution is 2.01. The smallest absolute Gasteiger partial charge is 0.421 e. The molecule has 0 fully saturated rings. The van der Waals surface area contributed by atoms with E-state index < -0.39 is 28.8 Å². The number of nitrogens with zero attached hydrogens (tertiary/aromatic N) is 1.